The standard InChI is InChI=1S/C23H30N6O/c1-15(25)23-20-8-5-17(18(12-24)13-27-2)11-21(20)22(9-10-29(23)26)28-19-6-3-16(14-30)4-7-19/h3-8,11-13,22,24,27-28,30H,9-10,14,25-26H2,1-2H3/b18-13+,23-15-,24-12?. The Kier molecular flexibility index (Phi) is 6.76. The van der Waals surface area contributed by atoms with Crippen LogP contribution in [-0.2, 0) is 6.61 Å². The maximum atomic E-state index is 9.29. The van der Waals surface area contributed by atoms with E-state index in [1.807, 2.05) is 56.6 Å². The molecule has 0 aromatic heterocycles. The second-order valence-corrected chi connectivity index (χ2v) is 7.40. The van der Waals surface area contributed by atoms with E-state index in [0.717, 1.165) is 45.6 Å². The minimum atomic E-state index is 0.00407. The van der Waals surface area contributed by atoms with Crippen molar-refractivity contribution in [2.24, 2.45) is 11.6 Å². The van der Waals surface area contributed by atoms with Gasteiger partial charge in [-0.1, -0.05) is 24.3 Å². The molecule has 0 aliphatic carbocycles. The molecule has 0 saturated carbocycles. The topological polar surface area (TPSA) is 123 Å². The zero-order valence-electron chi connectivity index (χ0n) is 17.4. The van der Waals surface area contributed by atoms with Gasteiger partial charge >= 0.3 is 0 Å². The van der Waals surface area contributed by atoms with E-state index in [0.29, 0.717) is 12.2 Å². The molecule has 2 aromatic rings. The van der Waals surface area contributed by atoms with E-state index in [-0.39, 0.29) is 12.6 Å². The first-order valence-electron chi connectivity index (χ1n) is 9.96. The van der Waals surface area contributed by atoms with Gasteiger partial charge in [0, 0.05) is 48.5 Å². The maximum Gasteiger partial charge on any atom is 0.0777 e. The summed E-state index contributed by atoms with van der Waals surface area (Å²) in [6.07, 6.45) is 3.92. The minimum absolute atomic E-state index is 0.00407. The van der Waals surface area contributed by atoms with Gasteiger partial charge in [0.15, 0.2) is 0 Å². The van der Waals surface area contributed by atoms with Gasteiger partial charge in [-0.2, -0.15) is 0 Å². The number of hydrazine groups is 1. The molecule has 2 aromatic carbocycles. The Morgan fingerprint density at radius 1 is 1.27 bits per heavy atom. The number of nitrogens with two attached hydrogens (primary N) is 2. The summed E-state index contributed by atoms with van der Waals surface area (Å²) in [5.74, 6) is 6.34. The predicted molar refractivity (Wildman–Crippen MR) is 123 cm³/mol. The molecule has 0 spiro atoms. The van der Waals surface area contributed by atoms with Crippen LogP contribution in [0.4, 0.5) is 5.69 Å². The van der Waals surface area contributed by atoms with E-state index < -0.39 is 0 Å². The van der Waals surface area contributed by atoms with Crippen molar-refractivity contribution >= 4 is 23.2 Å². The largest absolute Gasteiger partial charge is 0.401 e. The van der Waals surface area contributed by atoms with E-state index in [9.17, 15) is 5.11 Å². The Balaban J connectivity index is 2.10. The smallest absolute Gasteiger partial charge is 0.0777 e. The Bertz CT molecular complexity index is 960. The lowest BCUT2D eigenvalue weighted by Crippen LogP contribution is -2.31. The molecule has 7 heteroatoms. The molecule has 0 fully saturated rings. The lowest BCUT2D eigenvalue weighted by Gasteiger charge is -2.22. The summed E-state index contributed by atoms with van der Waals surface area (Å²) in [5.41, 5.74) is 13.3. The number of nitrogens with one attached hydrogen (secondary N) is 3. The van der Waals surface area contributed by atoms with Crippen molar-refractivity contribution in [3.8, 4) is 0 Å². The van der Waals surface area contributed by atoms with Crippen LogP contribution >= 0.6 is 0 Å². The fourth-order valence-electron chi connectivity index (χ4n) is 3.80. The molecule has 30 heavy (non-hydrogen) atoms. The summed E-state index contributed by atoms with van der Waals surface area (Å²) in [5, 5.41) is 25.4. The zero-order chi connectivity index (χ0) is 21.7. The van der Waals surface area contributed by atoms with Gasteiger partial charge < -0.3 is 31.9 Å². The molecule has 8 N–H and O–H groups in total. The third kappa shape index (κ3) is 4.48. The van der Waals surface area contributed by atoms with Crippen molar-refractivity contribution in [1.82, 2.24) is 10.3 Å². The molecule has 7 nitrogen and oxygen atoms in total. The molecule has 1 aliphatic heterocycles. The number of nitrogens with zero attached hydrogens (tertiary/aromatic N) is 1. The van der Waals surface area contributed by atoms with Crippen LogP contribution in [0, 0.1) is 5.41 Å². The Morgan fingerprint density at radius 3 is 2.60 bits per heavy atom. The van der Waals surface area contributed by atoms with Crippen molar-refractivity contribution < 1.29 is 5.11 Å². The van der Waals surface area contributed by atoms with E-state index >= 15 is 0 Å². The number of fused-ring (bicyclic) bond motifs is 1. The Morgan fingerprint density at radius 2 is 2.00 bits per heavy atom. The third-order valence-electron chi connectivity index (χ3n) is 5.27. The van der Waals surface area contributed by atoms with Gasteiger partial charge in [0.25, 0.3) is 0 Å². The molecular weight excluding hydrogens is 376 g/mol. The molecule has 3 rings (SSSR count). The fraction of sp³-hybridized carbons (Fsp3) is 0.261. The first kappa shape index (κ1) is 21.4. The molecule has 1 aliphatic rings. The lowest BCUT2D eigenvalue weighted by atomic mass is 9.92. The van der Waals surface area contributed by atoms with E-state index in [2.05, 4.69) is 16.7 Å². The van der Waals surface area contributed by atoms with Crippen LogP contribution in [0.5, 0.6) is 0 Å². The van der Waals surface area contributed by atoms with Crippen molar-refractivity contribution in [2.45, 2.75) is 26.0 Å². The number of benzene rings is 2. The normalized spacial score (nSPS) is 18.3. The zero-order valence-corrected chi connectivity index (χ0v) is 17.4. The molecular formula is C23H30N6O. The Labute approximate surface area is 177 Å². The van der Waals surface area contributed by atoms with Gasteiger partial charge in [0.1, 0.15) is 0 Å². The highest BCUT2D eigenvalue weighted by atomic mass is 16.3. The highest BCUT2D eigenvalue weighted by molar-refractivity contribution is 6.08. The summed E-state index contributed by atoms with van der Waals surface area (Å²) < 4.78 is 0. The van der Waals surface area contributed by atoms with Gasteiger partial charge in [-0.05, 0) is 48.2 Å². The summed E-state index contributed by atoms with van der Waals surface area (Å²) in [7, 11) is 1.82. The highest BCUT2D eigenvalue weighted by Crippen LogP contribution is 2.36. The van der Waals surface area contributed by atoms with Crippen LogP contribution in [0.2, 0.25) is 0 Å². The molecule has 1 atom stereocenters. The van der Waals surface area contributed by atoms with Gasteiger partial charge in [-0.3, -0.25) is 0 Å². The fourth-order valence-corrected chi connectivity index (χ4v) is 3.80. The molecule has 158 valence electrons. The summed E-state index contributed by atoms with van der Waals surface area (Å²) in [6, 6.07) is 13.9. The number of hydrogen-bond donors (Lipinski definition) is 6. The van der Waals surface area contributed by atoms with Gasteiger partial charge in [0.05, 0.1) is 18.3 Å². The number of hydrogen-bond acceptors (Lipinski definition) is 7. The lowest BCUT2D eigenvalue weighted by molar-refractivity contribution is 0.282. The van der Waals surface area contributed by atoms with E-state index in [4.69, 9.17) is 17.0 Å². The summed E-state index contributed by atoms with van der Waals surface area (Å²) >= 11 is 0. The third-order valence-corrected chi connectivity index (χ3v) is 5.27. The first-order chi connectivity index (χ1) is 14.5. The number of anilines is 1. The average Bonchev–Trinajstić information content (AvgIpc) is 2.88. The number of rotatable bonds is 6. The number of aliphatic hydroxyl groups excluding tert-OH is 1. The van der Waals surface area contributed by atoms with Crippen LogP contribution in [0.25, 0.3) is 11.3 Å². The van der Waals surface area contributed by atoms with Crippen LogP contribution in [0.15, 0.2) is 54.4 Å². The molecule has 0 radical (unpaired) electrons. The molecule has 1 heterocycles. The van der Waals surface area contributed by atoms with Crippen LogP contribution in [-0.4, -0.2) is 29.9 Å². The van der Waals surface area contributed by atoms with Crippen LogP contribution in [0.1, 0.15) is 41.6 Å². The Hall–Kier alpha value is -3.29. The quantitative estimate of drug-likeness (QED) is 0.324. The van der Waals surface area contributed by atoms with Gasteiger partial charge in [-0.25, -0.2) is 5.84 Å². The minimum Gasteiger partial charge on any atom is -0.401 e. The SMILES string of the molecule is CN/C=C(\C=N)c1ccc2c(c1)C(Nc1ccc(CO)cc1)CCN(N)/C2=C(/C)N. The summed E-state index contributed by atoms with van der Waals surface area (Å²) in [6.45, 7) is 2.52. The average molecular weight is 407 g/mol. The maximum absolute atomic E-state index is 9.29. The van der Waals surface area contributed by atoms with Crippen molar-refractivity contribution in [3.05, 3.63) is 76.6 Å². The number of allylic oxidation sites excluding steroid dienone is 2. The van der Waals surface area contributed by atoms with Crippen molar-refractivity contribution in [2.75, 3.05) is 18.9 Å². The second kappa shape index (κ2) is 9.47. The van der Waals surface area contributed by atoms with Crippen molar-refractivity contribution in [1.29, 1.82) is 5.41 Å². The van der Waals surface area contributed by atoms with Gasteiger partial charge in [0.2, 0.25) is 0 Å². The second-order valence-electron chi connectivity index (χ2n) is 7.40. The molecule has 0 saturated heterocycles. The molecule has 0 bridgehead atoms. The number of aliphatic hydroxyl groups is 1. The van der Waals surface area contributed by atoms with E-state index in [1.165, 1.54) is 6.21 Å². The summed E-state index contributed by atoms with van der Waals surface area (Å²) in [4.78, 5) is 0. The van der Waals surface area contributed by atoms with Gasteiger partial charge in [-0.15, -0.1) is 0 Å². The first-order valence-corrected chi connectivity index (χ1v) is 9.96. The molecule has 0 amide bonds. The monoisotopic (exact) mass is 406 g/mol. The van der Waals surface area contributed by atoms with E-state index in [1.54, 1.807) is 5.01 Å². The highest BCUT2D eigenvalue weighted by Gasteiger charge is 2.26. The molecule has 1 unspecified atom stereocenters. The predicted octanol–water partition coefficient (Wildman–Crippen LogP) is 2.77. The van der Waals surface area contributed by atoms with Crippen LogP contribution in [0.3, 0.4) is 0 Å². The van der Waals surface area contributed by atoms with Crippen molar-refractivity contribution in [3.63, 3.8) is 0 Å². The van der Waals surface area contributed by atoms with Crippen LogP contribution < -0.4 is 22.2 Å².